The Labute approximate surface area is 155 Å². The fraction of sp³-hybridized carbons (Fsp3) is 0.500. The monoisotopic (exact) mass is 354 g/mol. The van der Waals surface area contributed by atoms with Gasteiger partial charge in [0.25, 0.3) is 5.91 Å². The highest BCUT2D eigenvalue weighted by atomic mass is 16.5. The Morgan fingerprint density at radius 1 is 1.27 bits per heavy atom. The molecule has 6 nitrogen and oxygen atoms in total. The van der Waals surface area contributed by atoms with E-state index in [0.29, 0.717) is 19.6 Å². The van der Waals surface area contributed by atoms with Gasteiger partial charge in [0.05, 0.1) is 6.10 Å². The number of nitrogens with one attached hydrogen (secondary N) is 1. The van der Waals surface area contributed by atoms with Crippen LogP contribution in [-0.4, -0.2) is 61.1 Å². The highest BCUT2D eigenvalue weighted by Crippen LogP contribution is 2.12. The number of piperazine rings is 1. The molecule has 0 saturated carbocycles. The van der Waals surface area contributed by atoms with Gasteiger partial charge in [0.1, 0.15) is 11.6 Å². The highest BCUT2D eigenvalue weighted by Gasteiger charge is 2.24. The Bertz CT molecular complexity index is 654. The molecule has 1 aromatic rings. The zero-order valence-corrected chi connectivity index (χ0v) is 15.1. The summed E-state index contributed by atoms with van der Waals surface area (Å²) in [6.07, 6.45) is 3.83. The topological polar surface area (TPSA) is 68.6 Å². The molecule has 0 spiro atoms. The standard InChI is InChI=1S/C20H26N4O2/c21-13-18(14-22-15-19-7-4-12-26-19)20(25)24-10-8-23(9-11-24)16-17-5-2-1-3-6-17/h1-3,5-6,14,19,22H,4,7-12,15-16H2/b18-14-. The third kappa shape index (κ3) is 5.07. The predicted molar refractivity (Wildman–Crippen MR) is 99.0 cm³/mol. The summed E-state index contributed by atoms with van der Waals surface area (Å²) in [6.45, 7) is 5.28. The first-order valence-corrected chi connectivity index (χ1v) is 9.27. The molecule has 2 fully saturated rings. The van der Waals surface area contributed by atoms with E-state index in [1.165, 1.54) is 5.56 Å². The first-order chi connectivity index (χ1) is 12.8. The van der Waals surface area contributed by atoms with Crippen molar-refractivity contribution in [3.8, 4) is 6.07 Å². The van der Waals surface area contributed by atoms with E-state index in [4.69, 9.17) is 4.74 Å². The number of hydrogen-bond donors (Lipinski definition) is 1. The minimum Gasteiger partial charge on any atom is -0.387 e. The number of carbonyl (C=O) groups excluding carboxylic acids is 1. The van der Waals surface area contributed by atoms with Gasteiger partial charge in [-0.3, -0.25) is 9.69 Å². The number of nitriles is 1. The molecule has 1 amide bonds. The van der Waals surface area contributed by atoms with Crippen LogP contribution in [0.15, 0.2) is 42.1 Å². The molecule has 0 radical (unpaired) electrons. The molecule has 3 rings (SSSR count). The zero-order valence-electron chi connectivity index (χ0n) is 15.1. The first-order valence-electron chi connectivity index (χ1n) is 9.27. The SMILES string of the molecule is N#C/C(=C/NCC1CCCO1)C(=O)N1CCN(Cc2ccccc2)CC1. The number of nitrogens with zero attached hydrogens (tertiary/aromatic N) is 3. The van der Waals surface area contributed by atoms with E-state index >= 15 is 0 Å². The van der Waals surface area contributed by atoms with Crippen LogP contribution in [0.1, 0.15) is 18.4 Å². The van der Waals surface area contributed by atoms with Crippen molar-refractivity contribution < 1.29 is 9.53 Å². The van der Waals surface area contributed by atoms with Crippen molar-refractivity contribution in [2.75, 3.05) is 39.3 Å². The van der Waals surface area contributed by atoms with Gasteiger partial charge in [-0.25, -0.2) is 0 Å². The molecule has 26 heavy (non-hydrogen) atoms. The average Bonchev–Trinajstić information content (AvgIpc) is 3.20. The molecule has 138 valence electrons. The molecule has 1 aromatic carbocycles. The van der Waals surface area contributed by atoms with Crippen LogP contribution in [-0.2, 0) is 16.1 Å². The van der Waals surface area contributed by atoms with Gasteiger partial charge >= 0.3 is 0 Å². The lowest BCUT2D eigenvalue weighted by molar-refractivity contribution is -0.128. The summed E-state index contributed by atoms with van der Waals surface area (Å²) >= 11 is 0. The third-order valence-electron chi connectivity index (χ3n) is 4.88. The van der Waals surface area contributed by atoms with Crippen LogP contribution in [0, 0.1) is 11.3 Å². The molecule has 2 saturated heterocycles. The fourth-order valence-corrected chi connectivity index (χ4v) is 3.36. The molecule has 2 aliphatic heterocycles. The highest BCUT2D eigenvalue weighted by molar-refractivity contribution is 5.97. The van der Waals surface area contributed by atoms with Crippen LogP contribution in [0.2, 0.25) is 0 Å². The molecular formula is C20H26N4O2. The summed E-state index contributed by atoms with van der Waals surface area (Å²) in [5.74, 6) is -0.188. The average molecular weight is 354 g/mol. The van der Waals surface area contributed by atoms with Gasteiger partial charge in [-0.15, -0.1) is 0 Å². The Hall–Kier alpha value is -2.36. The lowest BCUT2D eigenvalue weighted by Crippen LogP contribution is -2.48. The number of hydrogen-bond acceptors (Lipinski definition) is 5. The van der Waals surface area contributed by atoms with Gasteiger partial charge in [0.15, 0.2) is 0 Å². The zero-order chi connectivity index (χ0) is 18.2. The summed E-state index contributed by atoms with van der Waals surface area (Å²) in [5, 5.41) is 12.4. The van der Waals surface area contributed by atoms with Crippen LogP contribution in [0.5, 0.6) is 0 Å². The lowest BCUT2D eigenvalue weighted by Gasteiger charge is -2.34. The molecule has 0 aromatic heterocycles. The summed E-state index contributed by atoms with van der Waals surface area (Å²) < 4.78 is 5.53. The van der Waals surface area contributed by atoms with Gasteiger partial charge in [0.2, 0.25) is 0 Å². The normalized spacial score (nSPS) is 21.4. The van der Waals surface area contributed by atoms with Crippen molar-refractivity contribution in [3.63, 3.8) is 0 Å². The Kier molecular flexibility index (Phi) is 6.64. The van der Waals surface area contributed by atoms with Gasteiger partial charge in [-0.05, 0) is 18.4 Å². The van der Waals surface area contributed by atoms with Crippen LogP contribution in [0.4, 0.5) is 0 Å². The second-order valence-corrected chi connectivity index (χ2v) is 6.77. The molecule has 1 N–H and O–H groups in total. The second-order valence-electron chi connectivity index (χ2n) is 6.77. The molecular weight excluding hydrogens is 328 g/mol. The van der Waals surface area contributed by atoms with Gasteiger partial charge < -0.3 is 15.0 Å². The van der Waals surface area contributed by atoms with E-state index in [1.807, 2.05) is 24.3 Å². The predicted octanol–water partition coefficient (Wildman–Crippen LogP) is 1.51. The molecule has 1 atom stereocenters. The maximum Gasteiger partial charge on any atom is 0.266 e. The smallest absolute Gasteiger partial charge is 0.266 e. The number of benzene rings is 1. The number of amides is 1. The van der Waals surface area contributed by atoms with Crippen molar-refractivity contribution >= 4 is 5.91 Å². The van der Waals surface area contributed by atoms with Crippen molar-refractivity contribution in [3.05, 3.63) is 47.7 Å². The van der Waals surface area contributed by atoms with E-state index in [2.05, 4.69) is 22.3 Å². The fourth-order valence-electron chi connectivity index (χ4n) is 3.36. The molecule has 2 heterocycles. The molecule has 2 aliphatic rings. The summed E-state index contributed by atoms with van der Waals surface area (Å²) in [4.78, 5) is 16.7. The number of rotatable bonds is 6. The number of ether oxygens (including phenoxy) is 1. The Morgan fingerprint density at radius 2 is 2.04 bits per heavy atom. The second kappa shape index (κ2) is 9.37. The summed E-state index contributed by atoms with van der Waals surface area (Å²) in [6, 6.07) is 12.4. The van der Waals surface area contributed by atoms with Crippen LogP contribution >= 0.6 is 0 Å². The molecule has 1 unspecified atom stereocenters. The van der Waals surface area contributed by atoms with Crippen LogP contribution < -0.4 is 5.32 Å². The van der Waals surface area contributed by atoms with Crippen LogP contribution in [0.3, 0.4) is 0 Å². The summed E-state index contributed by atoms with van der Waals surface area (Å²) in [5.41, 5.74) is 1.45. The third-order valence-corrected chi connectivity index (χ3v) is 4.88. The van der Waals surface area contributed by atoms with Crippen molar-refractivity contribution in [1.82, 2.24) is 15.1 Å². The van der Waals surface area contributed by atoms with Gasteiger partial charge in [0, 0.05) is 52.1 Å². The van der Waals surface area contributed by atoms with Crippen molar-refractivity contribution in [2.24, 2.45) is 0 Å². The maximum atomic E-state index is 12.6. The van der Waals surface area contributed by atoms with Gasteiger partial charge in [-0.2, -0.15) is 5.26 Å². The van der Waals surface area contributed by atoms with E-state index in [9.17, 15) is 10.1 Å². The van der Waals surface area contributed by atoms with E-state index < -0.39 is 0 Å². The van der Waals surface area contributed by atoms with E-state index in [1.54, 1.807) is 11.1 Å². The Balaban J connectivity index is 1.46. The molecule has 6 heteroatoms. The van der Waals surface area contributed by atoms with Crippen molar-refractivity contribution in [2.45, 2.75) is 25.5 Å². The largest absolute Gasteiger partial charge is 0.387 e. The molecule has 0 aliphatic carbocycles. The Morgan fingerprint density at radius 3 is 2.69 bits per heavy atom. The lowest BCUT2D eigenvalue weighted by atomic mass is 10.2. The molecule has 0 bridgehead atoms. The van der Waals surface area contributed by atoms with Crippen molar-refractivity contribution in [1.29, 1.82) is 5.26 Å². The first kappa shape index (κ1) is 18.4. The van der Waals surface area contributed by atoms with E-state index in [0.717, 1.165) is 39.1 Å². The van der Waals surface area contributed by atoms with Crippen LogP contribution in [0.25, 0.3) is 0 Å². The van der Waals surface area contributed by atoms with E-state index in [-0.39, 0.29) is 17.6 Å². The van der Waals surface area contributed by atoms with Gasteiger partial charge in [-0.1, -0.05) is 30.3 Å². The minimum atomic E-state index is -0.188. The minimum absolute atomic E-state index is 0.166. The quantitative estimate of drug-likeness (QED) is 0.619. The number of carbonyl (C=O) groups is 1. The summed E-state index contributed by atoms with van der Waals surface area (Å²) in [7, 11) is 0. The maximum absolute atomic E-state index is 12.6.